The van der Waals surface area contributed by atoms with Gasteiger partial charge >= 0.3 is 0 Å². The van der Waals surface area contributed by atoms with Crippen LogP contribution in [0, 0.1) is 0 Å². The number of amides is 1. The van der Waals surface area contributed by atoms with Gasteiger partial charge in [0.1, 0.15) is 5.69 Å². The first-order valence-electron chi connectivity index (χ1n) is 9.14. The molecule has 0 bridgehead atoms. The molecule has 1 aromatic carbocycles. The number of carbonyl (C=O) groups excluding carboxylic acids is 1. The van der Waals surface area contributed by atoms with E-state index in [1.54, 1.807) is 10.9 Å². The third-order valence-corrected chi connectivity index (χ3v) is 5.11. The molecule has 4 aromatic rings. The Kier molecular flexibility index (Phi) is 3.75. The van der Waals surface area contributed by atoms with Crippen LogP contribution in [0.4, 0.5) is 0 Å². The molecule has 0 N–H and O–H groups in total. The van der Waals surface area contributed by atoms with E-state index in [0.717, 1.165) is 22.6 Å². The monoisotopic (exact) mass is 377 g/mol. The maximum absolute atomic E-state index is 12.9. The van der Waals surface area contributed by atoms with Crippen molar-refractivity contribution in [3.05, 3.63) is 48.2 Å². The van der Waals surface area contributed by atoms with E-state index in [4.69, 9.17) is 4.52 Å². The molecule has 142 valence electrons. The summed E-state index contributed by atoms with van der Waals surface area (Å²) in [7, 11) is 1.87. The maximum atomic E-state index is 12.9. The van der Waals surface area contributed by atoms with E-state index in [2.05, 4.69) is 31.9 Å². The first-order chi connectivity index (χ1) is 13.6. The van der Waals surface area contributed by atoms with Gasteiger partial charge in [-0.1, -0.05) is 17.3 Å². The van der Waals surface area contributed by atoms with Gasteiger partial charge in [0.15, 0.2) is 17.2 Å². The van der Waals surface area contributed by atoms with E-state index in [0.29, 0.717) is 24.4 Å². The number of nitrogens with zero attached hydrogens (tertiary/aromatic N) is 7. The van der Waals surface area contributed by atoms with Crippen LogP contribution in [0.5, 0.6) is 0 Å². The van der Waals surface area contributed by atoms with Gasteiger partial charge in [-0.15, -0.1) is 10.2 Å². The highest BCUT2D eigenvalue weighted by Crippen LogP contribution is 2.28. The number of para-hydroxylation sites is 1. The van der Waals surface area contributed by atoms with Crippen LogP contribution < -0.4 is 0 Å². The average molecular weight is 377 g/mol. The van der Waals surface area contributed by atoms with Crippen molar-refractivity contribution in [3.8, 4) is 11.4 Å². The molecule has 0 saturated heterocycles. The normalized spacial score (nSPS) is 16.5. The minimum Gasteiger partial charge on any atom is -0.356 e. The summed E-state index contributed by atoms with van der Waals surface area (Å²) in [6, 6.07) is 7.63. The van der Waals surface area contributed by atoms with Gasteiger partial charge in [-0.2, -0.15) is 5.10 Å². The maximum Gasteiger partial charge on any atom is 0.229 e. The third-order valence-electron chi connectivity index (χ3n) is 5.11. The van der Waals surface area contributed by atoms with Crippen molar-refractivity contribution < 1.29 is 9.32 Å². The number of benzene rings is 1. The van der Waals surface area contributed by atoms with Crippen molar-refractivity contribution in [2.45, 2.75) is 25.9 Å². The Morgan fingerprint density at radius 2 is 2.14 bits per heavy atom. The van der Waals surface area contributed by atoms with Crippen LogP contribution in [-0.2, 0) is 24.8 Å². The Labute approximate surface area is 160 Å². The molecule has 1 amide bonds. The lowest BCUT2D eigenvalue weighted by Crippen LogP contribution is -2.41. The Balaban J connectivity index is 1.39. The summed E-state index contributed by atoms with van der Waals surface area (Å²) in [5.74, 6) is 1.56. The number of aryl methyl sites for hydroxylation is 1. The smallest absolute Gasteiger partial charge is 0.229 e. The predicted octanol–water partition coefficient (Wildman–Crippen LogP) is 1.97. The number of aromatic nitrogens is 6. The van der Waals surface area contributed by atoms with Crippen LogP contribution in [0.1, 0.15) is 24.5 Å². The molecule has 4 heterocycles. The van der Waals surface area contributed by atoms with E-state index < -0.39 is 0 Å². The van der Waals surface area contributed by atoms with Crippen LogP contribution in [0.25, 0.3) is 22.4 Å². The van der Waals surface area contributed by atoms with Crippen molar-refractivity contribution >= 4 is 16.9 Å². The molecule has 3 aromatic heterocycles. The van der Waals surface area contributed by atoms with Gasteiger partial charge in [0.2, 0.25) is 5.91 Å². The molecular formula is C19H19N7O2. The molecule has 1 atom stereocenters. The van der Waals surface area contributed by atoms with E-state index in [1.165, 1.54) is 0 Å². The fraction of sp³-hybridized carbons (Fsp3) is 0.316. The van der Waals surface area contributed by atoms with Crippen molar-refractivity contribution in [1.82, 2.24) is 34.6 Å². The summed E-state index contributed by atoms with van der Waals surface area (Å²) in [5.41, 5.74) is 2.27. The second kappa shape index (κ2) is 6.29. The molecule has 5 rings (SSSR count). The first-order valence-corrected chi connectivity index (χ1v) is 9.14. The highest BCUT2D eigenvalue weighted by atomic mass is 16.5. The number of fused-ring (bicyclic) bond motifs is 2. The van der Waals surface area contributed by atoms with Crippen LogP contribution in [-0.4, -0.2) is 47.1 Å². The average Bonchev–Trinajstić information content (AvgIpc) is 3.40. The minimum absolute atomic E-state index is 0.00285. The Hall–Kier alpha value is -3.49. The molecule has 1 aliphatic heterocycles. The van der Waals surface area contributed by atoms with Gasteiger partial charge < -0.3 is 14.0 Å². The largest absolute Gasteiger partial charge is 0.356 e. The van der Waals surface area contributed by atoms with Crippen LogP contribution in [0.3, 0.4) is 0 Å². The molecule has 0 saturated carbocycles. The van der Waals surface area contributed by atoms with Gasteiger partial charge in [0.25, 0.3) is 0 Å². The Morgan fingerprint density at radius 1 is 1.29 bits per heavy atom. The van der Waals surface area contributed by atoms with Crippen molar-refractivity contribution in [2.24, 2.45) is 7.05 Å². The van der Waals surface area contributed by atoms with Crippen molar-refractivity contribution in [3.63, 3.8) is 0 Å². The zero-order chi connectivity index (χ0) is 19.3. The Morgan fingerprint density at radius 3 is 2.96 bits per heavy atom. The summed E-state index contributed by atoms with van der Waals surface area (Å²) in [4.78, 5) is 14.7. The van der Waals surface area contributed by atoms with Crippen LogP contribution >= 0.6 is 0 Å². The molecular weight excluding hydrogens is 358 g/mol. The predicted molar refractivity (Wildman–Crippen MR) is 100 cm³/mol. The minimum atomic E-state index is 0.00285. The second-order valence-electron chi connectivity index (χ2n) is 7.14. The lowest BCUT2D eigenvalue weighted by Gasteiger charge is -2.32. The van der Waals surface area contributed by atoms with E-state index >= 15 is 0 Å². The molecule has 0 fully saturated rings. The number of carbonyl (C=O) groups is 1. The van der Waals surface area contributed by atoms with E-state index in [1.807, 2.05) is 42.4 Å². The second-order valence-corrected chi connectivity index (χ2v) is 7.14. The third kappa shape index (κ3) is 2.67. The van der Waals surface area contributed by atoms with Gasteiger partial charge in [-0.3, -0.25) is 9.48 Å². The SMILES string of the molecule is C[C@H]1CN(C(=O)Cc2noc3ccccc23)Cc2nnc(-c3cnn(C)c3)n21. The molecule has 28 heavy (non-hydrogen) atoms. The molecule has 0 aliphatic carbocycles. The number of rotatable bonds is 3. The molecule has 9 nitrogen and oxygen atoms in total. The van der Waals surface area contributed by atoms with E-state index in [-0.39, 0.29) is 18.4 Å². The molecule has 9 heteroatoms. The summed E-state index contributed by atoms with van der Waals surface area (Å²) < 4.78 is 9.14. The highest BCUT2D eigenvalue weighted by Gasteiger charge is 2.30. The van der Waals surface area contributed by atoms with Crippen molar-refractivity contribution in [2.75, 3.05) is 6.54 Å². The van der Waals surface area contributed by atoms with Crippen molar-refractivity contribution in [1.29, 1.82) is 0 Å². The van der Waals surface area contributed by atoms with Crippen LogP contribution in [0.15, 0.2) is 41.2 Å². The lowest BCUT2D eigenvalue weighted by molar-refractivity contribution is -0.132. The van der Waals surface area contributed by atoms with Crippen LogP contribution in [0.2, 0.25) is 0 Å². The number of hydrogen-bond donors (Lipinski definition) is 0. The zero-order valence-electron chi connectivity index (χ0n) is 15.6. The van der Waals surface area contributed by atoms with Gasteiger partial charge in [-0.05, 0) is 19.1 Å². The molecule has 0 radical (unpaired) electrons. The lowest BCUT2D eigenvalue weighted by atomic mass is 10.1. The fourth-order valence-electron chi connectivity index (χ4n) is 3.77. The summed E-state index contributed by atoms with van der Waals surface area (Å²) in [6.45, 7) is 3.08. The zero-order valence-corrected chi connectivity index (χ0v) is 15.6. The fourth-order valence-corrected chi connectivity index (χ4v) is 3.77. The molecule has 1 aliphatic rings. The summed E-state index contributed by atoms with van der Waals surface area (Å²) in [5, 5.41) is 17.8. The highest BCUT2D eigenvalue weighted by molar-refractivity contribution is 5.86. The van der Waals surface area contributed by atoms with Gasteiger partial charge in [-0.25, -0.2) is 0 Å². The molecule has 0 unspecified atom stereocenters. The number of hydrogen-bond acceptors (Lipinski definition) is 6. The topological polar surface area (TPSA) is 94.9 Å². The Bertz CT molecular complexity index is 1170. The standard InChI is InChI=1S/C19H19N7O2/c1-12-9-25(18(27)7-15-14-5-3-4-6-16(14)28-23-15)11-17-21-22-19(26(12)17)13-8-20-24(2)10-13/h3-6,8,10,12H,7,9,11H2,1-2H3/t12-/m0/s1. The molecule has 0 spiro atoms. The van der Waals surface area contributed by atoms with Gasteiger partial charge in [0.05, 0.1) is 30.8 Å². The quantitative estimate of drug-likeness (QED) is 0.542. The van der Waals surface area contributed by atoms with Gasteiger partial charge in [0, 0.05) is 25.2 Å². The summed E-state index contributed by atoms with van der Waals surface area (Å²) >= 11 is 0. The summed E-state index contributed by atoms with van der Waals surface area (Å²) in [6.07, 6.45) is 3.89. The first kappa shape index (κ1) is 16.7. The van der Waals surface area contributed by atoms with E-state index in [9.17, 15) is 4.79 Å².